The summed E-state index contributed by atoms with van der Waals surface area (Å²) in [6.07, 6.45) is 3.20. The summed E-state index contributed by atoms with van der Waals surface area (Å²) in [4.78, 5) is 34.9. The van der Waals surface area contributed by atoms with Crippen LogP contribution >= 0.6 is 46.6 Å². The van der Waals surface area contributed by atoms with E-state index in [1.807, 2.05) is 0 Å². The van der Waals surface area contributed by atoms with Crippen molar-refractivity contribution in [3.63, 3.8) is 0 Å². The van der Waals surface area contributed by atoms with Crippen LogP contribution in [0.3, 0.4) is 0 Å². The van der Waals surface area contributed by atoms with Crippen molar-refractivity contribution < 1.29 is 19.5 Å². The third-order valence-corrected chi connectivity index (χ3v) is 4.98. The largest absolute Gasteiger partial charge is 0.477 e. The third-order valence-electron chi connectivity index (χ3n) is 3.10. The molecule has 0 aromatic rings. The number of alkyl halides is 3. The number of β-lactam (4-membered cyclic amide) rings is 1. The first-order valence-corrected chi connectivity index (χ1v) is 8.56. The van der Waals surface area contributed by atoms with Gasteiger partial charge in [-0.3, -0.25) is 14.5 Å². The lowest BCUT2D eigenvalue weighted by atomic mass is 10.0. The van der Waals surface area contributed by atoms with E-state index in [2.05, 4.69) is 5.32 Å². The summed E-state index contributed by atoms with van der Waals surface area (Å²) in [5.74, 6) is -1.76. The molecule has 1 fully saturated rings. The van der Waals surface area contributed by atoms with Gasteiger partial charge in [0.15, 0.2) is 4.84 Å². The first kappa shape index (κ1) is 17.5. The molecule has 2 N–H and O–H groups in total. The highest BCUT2D eigenvalue weighted by Gasteiger charge is 2.54. The van der Waals surface area contributed by atoms with E-state index in [0.29, 0.717) is 11.3 Å². The summed E-state index contributed by atoms with van der Waals surface area (Å²) >= 11 is 17.8. The second-order valence-electron chi connectivity index (χ2n) is 4.43. The number of hydrogen-bond donors (Lipinski definition) is 2. The molecule has 120 valence electrons. The van der Waals surface area contributed by atoms with E-state index < -0.39 is 34.0 Å². The average Bonchev–Trinajstić information content (AvgIpc) is 2.48. The van der Waals surface area contributed by atoms with E-state index in [1.165, 1.54) is 11.8 Å². The lowest BCUT2D eigenvalue weighted by Gasteiger charge is -2.49. The van der Waals surface area contributed by atoms with Crippen LogP contribution < -0.4 is 5.32 Å². The van der Waals surface area contributed by atoms with Gasteiger partial charge in [0.1, 0.15) is 17.1 Å². The molecule has 2 aliphatic rings. The Morgan fingerprint density at radius 2 is 2.18 bits per heavy atom. The Kier molecular flexibility index (Phi) is 5.65. The topological polar surface area (TPSA) is 86.7 Å². The molecule has 0 saturated carbocycles. The second kappa shape index (κ2) is 7.12. The van der Waals surface area contributed by atoms with Gasteiger partial charge >= 0.3 is 5.97 Å². The number of carbonyl (C=O) groups excluding carboxylic acids is 2. The molecule has 6 nitrogen and oxygen atoms in total. The lowest BCUT2D eigenvalue weighted by molar-refractivity contribution is -0.150. The summed E-state index contributed by atoms with van der Waals surface area (Å²) in [5, 5.41) is 11.3. The summed E-state index contributed by atoms with van der Waals surface area (Å²) in [6.45, 7) is 0. The third kappa shape index (κ3) is 3.22. The van der Waals surface area contributed by atoms with Crippen molar-refractivity contribution in [2.45, 2.75) is 16.3 Å². The Morgan fingerprint density at radius 3 is 2.73 bits per heavy atom. The van der Waals surface area contributed by atoms with E-state index in [9.17, 15) is 19.5 Å². The Morgan fingerprint density at radius 1 is 1.50 bits per heavy atom. The maximum absolute atomic E-state index is 12.2. The van der Waals surface area contributed by atoms with Crippen molar-refractivity contribution in [3.05, 3.63) is 23.4 Å². The van der Waals surface area contributed by atoms with Crippen molar-refractivity contribution in [2.75, 3.05) is 11.6 Å². The molecule has 0 aliphatic carbocycles. The van der Waals surface area contributed by atoms with Gasteiger partial charge in [0.05, 0.1) is 0 Å². The minimum atomic E-state index is -1.29. The van der Waals surface area contributed by atoms with E-state index in [4.69, 9.17) is 34.8 Å². The van der Waals surface area contributed by atoms with Crippen LogP contribution in [0.15, 0.2) is 23.4 Å². The monoisotopic (exact) mass is 384 g/mol. The van der Waals surface area contributed by atoms with Gasteiger partial charge in [0.25, 0.3) is 11.8 Å². The fraction of sp³-hybridized carbons (Fsp3) is 0.417. The Balaban J connectivity index is 2.22. The normalized spacial score (nSPS) is 24.5. The molecule has 0 bridgehead atoms. The fourth-order valence-corrected chi connectivity index (χ4v) is 3.71. The quantitative estimate of drug-likeness (QED) is 0.551. The molecule has 2 rings (SSSR count). The number of aliphatic carboxylic acids is 1. The van der Waals surface area contributed by atoms with Crippen LogP contribution in [0.25, 0.3) is 0 Å². The van der Waals surface area contributed by atoms with Crippen LogP contribution in [0.2, 0.25) is 0 Å². The molecule has 2 atom stereocenters. The van der Waals surface area contributed by atoms with Gasteiger partial charge in [0.2, 0.25) is 0 Å². The lowest BCUT2D eigenvalue weighted by Crippen LogP contribution is -2.70. The Bertz CT molecular complexity index is 579. The van der Waals surface area contributed by atoms with E-state index >= 15 is 0 Å². The van der Waals surface area contributed by atoms with Crippen molar-refractivity contribution in [1.29, 1.82) is 0 Å². The van der Waals surface area contributed by atoms with Crippen LogP contribution in [-0.4, -0.2) is 55.7 Å². The molecule has 2 aliphatic heterocycles. The average molecular weight is 386 g/mol. The van der Waals surface area contributed by atoms with Gasteiger partial charge < -0.3 is 10.4 Å². The van der Waals surface area contributed by atoms with E-state index in [0.717, 1.165) is 4.90 Å². The number of rotatable bonds is 5. The zero-order chi connectivity index (χ0) is 16.4. The number of thioether (sulfide) groups is 1. The smallest absolute Gasteiger partial charge is 0.352 e. The molecule has 2 heterocycles. The second-order valence-corrected chi connectivity index (χ2v) is 6.94. The van der Waals surface area contributed by atoms with Gasteiger partial charge in [-0.25, -0.2) is 4.79 Å². The predicted molar refractivity (Wildman–Crippen MR) is 85.0 cm³/mol. The first-order valence-electron chi connectivity index (χ1n) is 6.10. The summed E-state index contributed by atoms with van der Waals surface area (Å²) in [5.41, 5.74) is 0.411. The van der Waals surface area contributed by atoms with Gasteiger partial charge in [-0.15, -0.1) is 23.4 Å². The van der Waals surface area contributed by atoms with Crippen molar-refractivity contribution in [3.8, 4) is 0 Å². The summed E-state index contributed by atoms with van der Waals surface area (Å²) in [6, 6.07) is -0.828. The molecule has 2 amide bonds. The number of carboxylic acids is 1. The van der Waals surface area contributed by atoms with Crippen LogP contribution in [-0.2, 0) is 14.4 Å². The number of carboxylic acid groups (broad SMARTS) is 1. The number of fused-ring (bicyclic) bond motifs is 1. The first-order chi connectivity index (χ1) is 10.4. The number of amides is 2. The van der Waals surface area contributed by atoms with Gasteiger partial charge in [-0.1, -0.05) is 35.4 Å². The number of nitrogens with one attached hydrogen (secondary N) is 1. The molecular weight excluding hydrogens is 375 g/mol. The van der Waals surface area contributed by atoms with Gasteiger partial charge in [0, 0.05) is 11.6 Å². The SMILES string of the molecule is O=C(O)C1=C(C=CCCl)CS[C@H]2[C@H](NC(=O)C(Cl)Cl)C(=O)N12. The summed E-state index contributed by atoms with van der Waals surface area (Å²) in [7, 11) is 0. The molecular formula is C12H11Cl3N2O4S. The maximum Gasteiger partial charge on any atom is 0.352 e. The maximum atomic E-state index is 12.2. The van der Waals surface area contributed by atoms with Crippen molar-refractivity contribution >= 4 is 64.3 Å². The van der Waals surface area contributed by atoms with Gasteiger partial charge in [-0.05, 0) is 5.57 Å². The standard InChI is InChI=1S/C12H11Cl3N2O4S/c13-3-1-2-5-4-22-11-6(16-9(18)8(14)15)10(19)17(11)7(5)12(20)21/h1-2,6,8,11H,3-4H2,(H,16,18)(H,20,21)/t6-,11+/m1/s1. The van der Waals surface area contributed by atoms with Gasteiger partial charge in [-0.2, -0.15) is 0 Å². The number of carbonyl (C=O) groups is 3. The fourth-order valence-electron chi connectivity index (χ4n) is 2.17. The number of hydrogen-bond acceptors (Lipinski definition) is 4. The van der Waals surface area contributed by atoms with E-state index in [1.54, 1.807) is 12.2 Å². The highest BCUT2D eigenvalue weighted by molar-refractivity contribution is 8.00. The summed E-state index contributed by atoms with van der Waals surface area (Å²) < 4.78 is 0. The molecule has 1 saturated heterocycles. The molecule has 10 heteroatoms. The molecule has 0 aromatic heterocycles. The predicted octanol–water partition coefficient (Wildman–Crippen LogP) is 1.32. The minimum absolute atomic E-state index is 0.0890. The molecule has 0 aromatic carbocycles. The highest BCUT2D eigenvalue weighted by atomic mass is 35.5. The molecule has 22 heavy (non-hydrogen) atoms. The number of allylic oxidation sites excluding steroid dienone is 2. The van der Waals surface area contributed by atoms with Crippen LogP contribution in [0.1, 0.15) is 0 Å². The van der Waals surface area contributed by atoms with E-state index in [-0.39, 0.29) is 11.6 Å². The molecule has 0 unspecified atom stereocenters. The number of nitrogens with zero attached hydrogens (tertiary/aromatic N) is 1. The zero-order valence-corrected chi connectivity index (χ0v) is 14.0. The highest BCUT2D eigenvalue weighted by Crippen LogP contribution is 2.40. The zero-order valence-electron chi connectivity index (χ0n) is 11.0. The Labute approximate surface area is 145 Å². The Hall–Kier alpha value is -0.890. The number of halogens is 3. The van der Waals surface area contributed by atoms with Crippen LogP contribution in [0, 0.1) is 0 Å². The van der Waals surface area contributed by atoms with Crippen LogP contribution in [0.4, 0.5) is 0 Å². The molecule has 0 radical (unpaired) electrons. The van der Waals surface area contributed by atoms with Crippen molar-refractivity contribution in [2.24, 2.45) is 0 Å². The van der Waals surface area contributed by atoms with Crippen LogP contribution in [0.5, 0.6) is 0 Å². The molecule has 0 spiro atoms. The minimum Gasteiger partial charge on any atom is -0.477 e. The van der Waals surface area contributed by atoms with Crippen molar-refractivity contribution in [1.82, 2.24) is 10.2 Å².